The van der Waals surface area contributed by atoms with Crippen molar-refractivity contribution in [2.75, 3.05) is 17.2 Å². The Morgan fingerprint density at radius 1 is 1.08 bits per heavy atom. The maximum absolute atomic E-state index is 13.0. The first-order valence-corrected chi connectivity index (χ1v) is 13.0. The number of aliphatic hydroxyl groups excluding tert-OH is 1. The van der Waals surface area contributed by atoms with Gasteiger partial charge in [-0.1, -0.05) is 37.3 Å². The van der Waals surface area contributed by atoms with Gasteiger partial charge < -0.3 is 20.2 Å². The largest absolute Gasteiger partial charge is 0.421 e. The monoisotopic (exact) mass is 528 g/mol. The number of nitrogens with one attached hydrogen (secondary N) is 2. The van der Waals surface area contributed by atoms with Gasteiger partial charge in [-0.15, -0.1) is 10.2 Å². The van der Waals surface area contributed by atoms with E-state index in [-0.39, 0.29) is 24.2 Å². The molecule has 0 aliphatic heterocycles. The maximum atomic E-state index is 13.0. The van der Waals surface area contributed by atoms with E-state index in [1.165, 1.54) is 0 Å². The number of hydrogen-bond donors (Lipinski definition) is 3. The van der Waals surface area contributed by atoms with Gasteiger partial charge in [-0.3, -0.25) is 9.48 Å². The van der Waals surface area contributed by atoms with Crippen LogP contribution in [0.2, 0.25) is 0 Å². The van der Waals surface area contributed by atoms with E-state index in [1.807, 2.05) is 61.9 Å². The summed E-state index contributed by atoms with van der Waals surface area (Å²) in [6, 6.07) is 14.7. The summed E-state index contributed by atoms with van der Waals surface area (Å²) in [6.45, 7) is 8.34. The first kappa shape index (κ1) is 26.1. The topological polar surface area (TPSA) is 136 Å². The summed E-state index contributed by atoms with van der Waals surface area (Å²) in [5, 5.41) is 25.5. The van der Waals surface area contributed by atoms with E-state index in [9.17, 15) is 9.90 Å². The molecule has 1 atom stereocenters. The Morgan fingerprint density at radius 2 is 1.87 bits per heavy atom. The van der Waals surface area contributed by atoms with E-state index in [4.69, 9.17) is 9.40 Å². The predicted octanol–water partition coefficient (Wildman–Crippen LogP) is 4.83. The molecule has 1 aromatic carbocycles. The Labute approximate surface area is 225 Å². The first-order valence-electron chi connectivity index (χ1n) is 13.0. The molecule has 0 saturated carbocycles. The van der Waals surface area contributed by atoms with Gasteiger partial charge in [0.15, 0.2) is 5.65 Å². The van der Waals surface area contributed by atoms with Crippen LogP contribution in [0.4, 0.5) is 17.3 Å². The second kappa shape index (κ2) is 11.1. The summed E-state index contributed by atoms with van der Waals surface area (Å²) in [5.74, 6) is 1.81. The molecule has 0 bridgehead atoms. The molecule has 3 N–H and O–H groups in total. The highest BCUT2D eigenvalue weighted by Gasteiger charge is 2.19. The highest BCUT2D eigenvalue weighted by molar-refractivity contribution is 5.79. The Bertz CT molecular complexity index is 1640. The minimum atomic E-state index is -0.377. The molecule has 0 saturated heterocycles. The number of benzene rings is 1. The number of anilines is 3. The van der Waals surface area contributed by atoms with Crippen LogP contribution in [-0.4, -0.2) is 41.2 Å². The van der Waals surface area contributed by atoms with Crippen LogP contribution < -0.4 is 16.2 Å². The summed E-state index contributed by atoms with van der Waals surface area (Å²) in [7, 11) is 0. The second-order valence-electron chi connectivity index (χ2n) is 9.59. The summed E-state index contributed by atoms with van der Waals surface area (Å²) in [6.07, 6.45) is 2.48. The molecule has 5 rings (SSSR count). The normalized spacial score (nSPS) is 12.3. The second-order valence-corrected chi connectivity index (χ2v) is 9.59. The molecule has 4 aromatic heterocycles. The summed E-state index contributed by atoms with van der Waals surface area (Å²) in [4.78, 5) is 22.3. The lowest BCUT2D eigenvalue weighted by Gasteiger charge is -2.20. The molecule has 5 aromatic rings. The van der Waals surface area contributed by atoms with Crippen LogP contribution in [-0.2, 0) is 6.54 Å². The summed E-state index contributed by atoms with van der Waals surface area (Å²) < 4.78 is 9.37. The SMILES string of the molecule is CCCn1c(=O)c2ccc(Nc3cc(N[C@H](CO)c4ccccc4)c(-c4nnc(C)o4)cn3)nc2n1C(C)C. The third-order valence-electron chi connectivity index (χ3n) is 6.37. The third kappa shape index (κ3) is 5.26. The molecule has 0 unspecified atom stereocenters. The van der Waals surface area contributed by atoms with E-state index in [0.29, 0.717) is 52.2 Å². The number of rotatable bonds is 10. The summed E-state index contributed by atoms with van der Waals surface area (Å²) >= 11 is 0. The molecule has 0 fully saturated rings. The van der Waals surface area contributed by atoms with Gasteiger partial charge in [-0.25, -0.2) is 14.6 Å². The van der Waals surface area contributed by atoms with Gasteiger partial charge in [0.1, 0.15) is 11.6 Å². The van der Waals surface area contributed by atoms with Crippen LogP contribution in [0.15, 0.2) is 63.9 Å². The molecule has 39 heavy (non-hydrogen) atoms. The van der Waals surface area contributed by atoms with E-state index >= 15 is 0 Å². The molecular formula is C28H32N8O3. The van der Waals surface area contributed by atoms with E-state index in [1.54, 1.807) is 29.9 Å². The fourth-order valence-electron chi connectivity index (χ4n) is 4.61. The summed E-state index contributed by atoms with van der Waals surface area (Å²) in [5.41, 5.74) is 2.75. The zero-order chi connectivity index (χ0) is 27.5. The van der Waals surface area contributed by atoms with Crippen LogP contribution in [0.1, 0.15) is 50.7 Å². The van der Waals surface area contributed by atoms with Crippen molar-refractivity contribution in [1.82, 2.24) is 29.5 Å². The Hall–Kier alpha value is -4.51. The van der Waals surface area contributed by atoms with E-state index in [0.717, 1.165) is 12.0 Å². The predicted molar refractivity (Wildman–Crippen MR) is 150 cm³/mol. The molecule has 0 aliphatic rings. The van der Waals surface area contributed by atoms with Gasteiger partial charge in [0.2, 0.25) is 5.89 Å². The quantitative estimate of drug-likeness (QED) is 0.233. The fourth-order valence-corrected chi connectivity index (χ4v) is 4.61. The average molecular weight is 529 g/mol. The molecule has 11 heteroatoms. The number of fused-ring (bicyclic) bond motifs is 1. The highest BCUT2D eigenvalue weighted by Crippen LogP contribution is 2.32. The number of aliphatic hydroxyl groups is 1. The smallest absolute Gasteiger partial charge is 0.276 e. The van der Waals surface area contributed by atoms with Crippen LogP contribution in [0.25, 0.3) is 22.5 Å². The zero-order valence-corrected chi connectivity index (χ0v) is 22.4. The Kier molecular flexibility index (Phi) is 7.42. The highest BCUT2D eigenvalue weighted by atomic mass is 16.4. The van der Waals surface area contributed by atoms with Crippen LogP contribution >= 0.6 is 0 Å². The van der Waals surface area contributed by atoms with Gasteiger partial charge in [0.25, 0.3) is 11.4 Å². The van der Waals surface area contributed by atoms with Crippen molar-refractivity contribution in [3.05, 3.63) is 76.5 Å². The van der Waals surface area contributed by atoms with Crippen molar-refractivity contribution < 1.29 is 9.52 Å². The number of nitrogens with zero attached hydrogens (tertiary/aromatic N) is 6. The number of hydrogen-bond acceptors (Lipinski definition) is 9. The molecule has 11 nitrogen and oxygen atoms in total. The van der Waals surface area contributed by atoms with Crippen LogP contribution in [0, 0.1) is 6.92 Å². The number of aromatic nitrogens is 6. The lowest BCUT2D eigenvalue weighted by atomic mass is 10.1. The van der Waals surface area contributed by atoms with Crippen molar-refractivity contribution in [2.24, 2.45) is 0 Å². The lowest BCUT2D eigenvalue weighted by molar-refractivity contribution is 0.276. The zero-order valence-electron chi connectivity index (χ0n) is 22.4. The average Bonchev–Trinajstić information content (AvgIpc) is 3.48. The molecule has 202 valence electrons. The van der Waals surface area contributed by atoms with Crippen LogP contribution in [0.5, 0.6) is 0 Å². The van der Waals surface area contributed by atoms with Gasteiger partial charge in [-0.2, -0.15) is 0 Å². The Balaban J connectivity index is 1.53. The van der Waals surface area contributed by atoms with Gasteiger partial charge in [-0.05, 0) is 38.0 Å². The van der Waals surface area contributed by atoms with Crippen LogP contribution in [0.3, 0.4) is 0 Å². The van der Waals surface area contributed by atoms with Gasteiger partial charge >= 0.3 is 0 Å². The van der Waals surface area contributed by atoms with E-state index < -0.39 is 0 Å². The Morgan fingerprint density at radius 3 is 2.54 bits per heavy atom. The maximum Gasteiger partial charge on any atom is 0.276 e. The van der Waals surface area contributed by atoms with Gasteiger partial charge in [0, 0.05) is 31.8 Å². The number of aryl methyl sites for hydroxylation is 1. The van der Waals surface area contributed by atoms with Crippen molar-refractivity contribution in [1.29, 1.82) is 0 Å². The molecule has 0 amide bonds. The molecule has 0 spiro atoms. The van der Waals surface area contributed by atoms with E-state index in [2.05, 4.69) is 25.8 Å². The minimum absolute atomic E-state index is 0.0422. The molecule has 0 aliphatic carbocycles. The van der Waals surface area contributed by atoms with Gasteiger partial charge in [0.05, 0.1) is 29.3 Å². The molecule has 0 radical (unpaired) electrons. The van der Waals surface area contributed by atoms with Crippen molar-refractivity contribution in [3.63, 3.8) is 0 Å². The minimum Gasteiger partial charge on any atom is -0.421 e. The van der Waals surface area contributed by atoms with Crippen molar-refractivity contribution in [3.8, 4) is 11.5 Å². The lowest BCUT2D eigenvalue weighted by Crippen LogP contribution is -2.24. The standard InChI is InChI=1S/C28H32N8O3/c1-5-13-35-28(38)20-11-12-24(32-26(20)36(35)17(2)3)31-25-14-22(21(15-29-25)27-34-33-18(4)39-27)30-23(16-37)19-9-7-6-8-10-19/h6-12,14-15,17,23,37H,5,13,16H2,1-4H3,(H2,29,30,31,32)/t23-/m1/s1. The molecule has 4 heterocycles. The number of pyridine rings is 2. The molecular weight excluding hydrogens is 496 g/mol. The first-order chi connectivity index (χ1) is 18.9. The van der Waals surface area contributed by atoms with Crippen molar-refractivity contribution >= 4 is 28.4 Å². The fraction of sp³-hybridized carbons (Fsp3) is 0.321. The third-order valence-corrected chi connectivity index (χ3v) is 6.37. The van der Waals surface area contributed by atoms with Crippen molar-refractivity contribution in [2.45, 2.75) is 52.7 Å².